The van der Waals surface area contributed by atoms with E-state index in [-0.39, 0.29) is 29.8 Å². The van der Waals surface area contributed by atoms with Gasteiger partial charge in [-0.05, 0) is 24.0 Å². The van der Waals surface area contributed by atoms with Gasteiger partial charge in [0.15, 0.2) is 11.5 Å². The molecule has 0 spiro atoms. The average Bonchev–Trinajstić information content (AvgIpc) is 2.99. The Morgan fingerprint density at radius 2 is 2.12 bits per heavy atom. The van der Waals surface area contributed by atoms with Gasteiger partial charge in [-0.3, -0.25) is 4.79 Å². The monoisotopic (exact) mass is 369 g/mol. The molecule has 130 valence electrons. The van der Waals surface area contributed by atoms with Crippen molar-refractivity contribution in [2.75, 3.05) is 13.1 Å². The van der Waals surface area contributed by atoms with Crippen LogP contribution in [0.4, 0.5) is 0 Å². The van der Waals surface area contributed by atoms with Crippen molar-refractivity contribution < 1.29 is 9.32 Å². The van der Waals surface area contributed by atoms with E-state index in [1.807, 2.05) is 18.2 Å². The first-order valence-electron chi connectivity index (χ1n) is 7.65. The van der Waals surface area contributed by atoms with Crippen molar-refractivity contribution in [1.82, 2.24) is 10.1 Å². The third-order valence-corrected chi connectivity index (χ3v) is 4.80. The fourth-order valence-corrected chi connectivity index (χ4v) is 3.10. The number of rotatable bonds is 2. The Morgan fingerprint density at radius 3 is 2.79 bits per heavy atom. The molecule has 2 aromatic rings. The van der Waals surface area contributed by atoms with E-state index in [0.717, 1.165) is 12.0 Å². The third kappa shape index (κ3) is 3.58. The summed E-state index contributed by atoms with van der Waals surface area (Å²) in [6, 6.07) is 9.05. The van der Waals surface area contributed by atoms with Crippen molar-refractivity contribution in [2.24, 2.45) is 11.1 Å². The molecule has 0 aliphatic carbocycles. The molecule has 0 radical (unpaired) electrons. The van der Waals surface area contributed by atoms with Gasteiger partial charge >= 0.3 is 0 Å². The maximum atomic E-state index is 12.7. The molecule has 1 fully saturated rings. The van der Waals surface area contributed by atoms with Crippen LogP contribution in [0.2, 0.25) is 5.02 Å². The van der Waals surface area contributed by atoms with Crippen molar-refractivity contribution in [1.29, 1.82) is 0 Å². The zero-order valence-electron chi connectivity index (χ0n) is 13.7. The Bertz CT molecular complexity index is 730. The van der Waals surface area contributed by atoms with E-state index < -0.39 is 0 Å². The van der Waals surface area contributed by atoms with E-state index in [4.69, 9.17) is 21.9 Å². The van der Waals surface area contributed by atoms with Crippen LogP contribution in [-0.2, 0) is 0 Å². The van der Waals surface area contributed by atoms with Gasteiger partial charge in [0.2, 0.25) is 0 Å². The molecule has 24 heavy (non-hydrogen) atoms. The van der Waals surface area contributed by atoms with Gasteiger partial charge in [0.25, 0.3) is 5.91 Å². The molecule has 2 heterocycles. The van der Waals surface area contributed by atoms with Crippen LogP contribution in [0.15, 0.2) is 34.9 Å². The summed E-state index contributed by atoms with van der Waals surface area (Å²) in [4.78, 5) is 14.4. The topological polar surface area (TPSA) is 72.4 Å². The summed E-state index contributed by atoms with van der Waals surface area (Å²) in [6.45, 7) is 5.41. The molecular formula is C17H21Cl2N3O2. The fourth-order valence-electron chi connectivity index (χ4n) is 2.87. The second-order valence-electron chi connectivity index (χ2n) is 6.67. The van der Waals surface area contributed by atoms with Crippen LogP contribution in [0.5, 0.6) is 0 Å². The molecule has 1 aromatic carbocycles. The lowest BCUT2D eigenvalue weighted by Crippen LogP contribution is -2.54. The van der Waals surface area contributed by atoms with E-state index in [1.54, 1.807) is 17.0 Å². The number of likely N-dealkylation sites (tertiary alicyclic amines) is 1. The molecule has 0 bridgehead atoms. The highest BCUT2D eigenvalue weighted by molar-refractivity contribution is 6.33. The Labute approximate surface area is 152 Å². The highest BCUT2D eigenvalue weighted by Crippen LogP contribution is 2.30. The van der Waals surface area contributed by atoms with Gasteiger partial charge in [0.05, 0.1) is 5.02 Å². The van der Waals surface area contributed by atoms with E-state index in [2.05, 4.69) is 19.0 Å². The molecule has 5 nitrogen and oxygen atoms in total. The largest absolute Gasteiger partial charge is 0.355 e. The number of nitrogens with zero attached hydrogens (tertiary/aromatic N) is 2. The number of carbonyl (C=O) groups excluding carboxylic acids is 1. The van der Waals surface area contributed by atoms with E-state index in [0.29, 0.717) is 29.6 Å². The van der Waals surface area contributed by atoms with Crippen LogP contribution in [0, 0.1) is 5.41 Å². The molecule has 3 rings (SSSR count). The molecule has 2 N–H and O–H groups in total. The SMILES string of the molecule is CC1(C)CN(C(=O)c2cc(-c3ccccc3Cl)on2)CCC1N.Cl. The number of nitrogens with two attached hydrogens (primary N) is 1. The Morgan fingerprint density at radius 1 is 1.42 bits per heavy atom. The van der Waals surface area contributed by atoms with Gasteiger partial charge in [-0.15, -0.1) is 12.4 Å². The van der Waals surface area contributed by atoms with Gasteiger partial charge in [-0.25, -0.2) is 0 Å². The highest BCUT2D eigenvalue weighted by atomic mass is 35.5. The van der Waals surface area contributed by atoms with Crippen molar-refractivity contribution in [2.45, 2.75) is 26.3 Å². The lowest BCUT2D eigenvalue weighted by atomic mass is 9.79. The summed E-state index contributed by atoms with van der Waals surface area (Å²) in [6.07, 6.45) is 0.786. The van der Waals surface area contributed by atoms with Gasteiger partial charge in [0, 0.05) is 30.8 Å². The van der Waals surface area contributed by atoms with E-state index in [9.17, 15) is 4.79 Å². The number of carbonyl (C=O) groups is 1. The van der Waals surface area contributed by atoms with Crippen LogP contribution in [0.1, 0.15) is 30.8 Å². The molecule has 1 aliphatic heterocycles. The third-order valence-electron chi connectivity index (χ3n) is 4.47. The van der Waals surface area contributed by atoms with Crippen molar-refractivity contribution >= 4 is 29.9 Å². The summed E-state index contributed by atoms with van der Waals surface area (Å²) >= 11 is 6.15. The minimum Gasteiger partial charge on any atom is -0.355 e. The fraction of sp³-hybridized carbons (Fsp3) is 0.412. The quantitative estimate of drug-likeness (QED) is 0.877. The zero-order valence-corrected chi connectivity index (χ0v) is 15.2. The molecule has 1 unspecified atom stereocenters. The first-order chi connectivity index (χ1) is 10.9. The number of halogens is 2. The summed E-state index contributed by atoms with van der Waals surface area (Å²) in [5.41, 5.74) is 7.04. The zero-order chi connectivity index (χ0) is 16.6. The first-order valence-corrected chi connectivity index (χ1v) is 8.03. The maximum Gasteiger partial charge on any atom is 0.276 e. The summed E-state index contributed by atoms with van der Waals surface area (Å²) in [5, 5.41) is 4.48. The number of hydrogen-bond acceptors (Lipinski definition) is 4. The highest BCUT2D eigenvalue weighted by Gasteiger charge is 2.36. The van der Waals surface area contributed by atoms with E-state index in [1.165, 1.54) is 0 Å². The molecule has 1 aliphatic rings. The molecule has 1 saturated heterocycles. The predicted octanol–water partition coefficient (Wildman–Crippen LogP) is 3.62. The summed E-state index contributed by atoms with van der Waals surface area (Å²) < 4.78 is 5.31. The lowest BCUT2D eigenvalue weighted by molar-refractivity contribution is 0.0523. The molecular weight excluding hydrogens is 349 g/mol. The van der Waals surface area contributed by atoms with Crippen molar-refractivity contribution in [3.8, 4) is 11.3 Å². The number of piperidine rings is 1. The van der Waals surface area contributed by atoms with Gasteiger partial charge in [0.1, 0.15) is 0 Å². The van der Waals surface area contributed by atoms with Gasteiger partial charge in [-0.1, -0.05) is 42.7 Å². The predicted molar refractivity (Wildman–Crippen MR) is 96.5 cm³/mol. The van der Waals surface area contributed by atoms with Crippen molar-refractivity contribution in [3.63, 3.8) is 0 Å². The van der Waals surface area contributed by atoms with Crippen LogP contribution in [-0.4, -0.2) is 35.1 Å². The molecule has 1 aromatic heterocycles. The Kier molecular flexibility index (Phi) is 5.58. The molecule has 7 heteroatoms. The lowest BCUT2D eigenvalue weighted by Gasteiger charge is -2.42. The average molecular weight is 370 g/mol. The summed E-state index contributed by atoms with van der Waals surface area (Å²) in [7, 11) is 0. The Balaban J connectivity index is 0.00000208. The maximum absolute atomic E-state index is 12.7. The van der Waals surface area contributed by atoms with Crippen LogP contribution in [0.3, 0.4) is 0 Å². The van der Waals surface area contributed by atoms with Gasteiger partial charge < -0.3 is 15.2 Å². The number of aromatic nitrogens is 1. The molecule has 1 atom stereocenters. The first kappa shape index (κ1) is 18.8. The van der Waals surface area contributed by atoms with Gasteiger partial charge in [-0.2, -0.15) is 0 Å². The second-order valence-corrected chi connectivity index (χ2v) is 7.07. The normalized spacial score (nSPS) is 19.7. The standard InChI is InChI=1S/C17H20ClN3O2.ClH/c1-17(2)10-21(8-7-15(17)19)16(22)13-9-14(23-20-13)11-5-3-4-6-12(11)18;/h3-6,9,15H,7-8,10,19H2,1-2H3;1H. The number of benzene rings is 1. The second kappa shape index (κ2) is 7.13. The van der Waals surface area contributed by atoms with E-state index >= 15 is 0 Å². The Hall–Kier alpha value is -1.56. The molecule has 1 amide bonds. The van der Waals surface area contributed by atoms with Crippen LogP contribution >= 0.6 is 24.0 Å². The van der Waals surface area contributed by atoms with Crippen LogP contribution < -0.4 is 5.73 Å². The number of amides is 1. The smallest absolute Gasteiger partial charge is 0.276 e. The minimum atomic E-state index is -0.132. The minimum absolute atomic E-state index is 0. The van der Waals surface area contributed by atoms with Crippen molar-refractivity contribution in [3.05, 3.63) is 41.0 Å². The number of hydrogen-bond donors (Lipinski definition) is 1. The van der Waals surface area contributed by atoms with Crippen LogP contribution in [0.25, 0.3) is 11.3 Å². The summed E-state index contributed by atoms with van der Waals surface area (Å²) in [5.74, 6) is 0.360. The molecule has 0 saturated carbocycles.